The van der Waals surface area contributed by atoms with Crippen LogP contribution in [0.3, 0.4) is 0 Å². The van der Waals surface area contributed by atoms with Crippen LogP contribution in [0.25, 0.3) is 0 Å². The predicted octanol–water partition coefficient (Wildman–Crippen LogP) is 2.52. The van der Waals surface area contributed by atoms with Gasteiger partial charge in [-0.2, -0.15) is 0 Å². The molecule has 2 amide bonds. The molecule has 6 heteroatoms. The summed E-state index contributed by atoms with van der Waals surface area (Å²) in [6.45, 7) is 9.48. The highest BCUT2D eigenvalue weighted by Gasteiger charge is 2.17. The molecule has 0 aliphatic rings. The van der Waals surface area contributed by atoms with E-state index in [2.05, 4.69) is 5.32 Å². The summed E-state index contributed by atoms with van der Waals surface area (Å²) in [5.41, 5.74) is 0.757. The van der Waals surface area contributed by atoms with E-state index in [0.717, 1.165) is 0 Å². The molecule has 0 bridgehead atoms. The minimum Gasteiger partial charge on any atom is -0.462 e. The van der Waals surface area contributed by atoms with Gasteiger partial charge in [-0.1, -0.05) is 0 Å². The summed E-state index contributed by atoms with van der Waals surface area (Å²) in [6, 6.07) is 6.57. The lowest BCUT2D eigenvalue weighted by Crippen LogP contribution is -2.42. The molecule has 0 atom stereocenters. The maximum atomic E-state index is 11.9. The summed E-state index contributed by atoms with van der Waals surface area (Å²) in [6.07, 6.45) is 0.205. The zero-order valence-corrected chi connectivity index (χ0v) is 15.0. The number of carbonyl (C=O) groups excluding carboxylic acids is 3. The first-order valence-electron chi connectivity index (χ1n) is 8.00. The third-order valence-corrected chi connectivity index (χ3v) is 3.15. The summed E-state index contributed by atoms with van der Waals surface area (Å²) < 4.78 is 4.93. The minimum absolute atomic E-state index is 0.114. The molecule has 0 radical (unpaired) electrons. The summed E-state index contributed by atoms with van der Waals surface area (Å²) in [5.74, 6) is -0.678. The van der Waals surface area contributed by atoms with Gasteiger partial charge < -0.3 is 15.0 Å². The van der Waals surface area contributed by atoms with Gasteiger partial charge in [-0.15, -0.1) is 0 Å². The van der Waals surface area contributed by atoms with Crippen LogP contribution in [-0.4, -0.2) is 36.5 Å². The van der Waals surface area contributed by atoms with Crippen molar-refractivity contribution in [2.45, 2.75) is 46.6 Å². The van der Waals surface area contributed by atoms with E-state index in [0.29, 0.717) is 17.9 Å². The van der Waals surface area contributed by atoms with Crippen LogP contribution >= 0.6 is 0 Å². The second kappa shape index (κ2) is 8.47. The van der Waals surface area contributed by atoms with E-state index in [1.165, 1.54) is 11.8 Å². The Labute approximate surface area is 143 Å². The monoisotopic (exact) mass is 334 g/mol. The van der Waals surface area contributed by atoms with Crippen LogP contribution in [0.5, 0.6) is 0 Å². The Morgan fingerprint density at radius 3 is 2.17 bits per heavy atom. The van der Waals surface area contributed by atoms with E-state index >= 15 is 0 Å². The number of hydrogen-bond donors (Lipinski definition) is 1. The molecule has 1 aromatic rings. The number of carbonyl (C=O) groups is 3. The van der Waals surface area contributed by atoms with Crippen LogP contribution in [0.4, 0.5) is 5.69 Å². The lowest BCUT2D eigenvalue weighted by molar-refractivity contribution is -0.122. The van der Waals surface area contributed by atoms with Gasteiger partial charge in [0, 0.05) is 31.1 Å². The SMILES string of the molecule is CCOC(=O)c1ccc(N(CCC(=O)NC(C)(C)C)C(C)=O)cc1. The van der Waals surface area contributed by atoms with Gasteiger partial charge in [-0.3, -0.25) is 9.59 Å². The number of nitrogens with one attached hydrogen (secondary N) is 1. The number of hydrogen-bond acceptors (Lipinski definition) is 4. The van der Waals surface area contributed by atoms with Gasteiger partial charge in [0.15, 0.2) is 0 Å². The highest BCUT2D eigenvalue weighted by atomic mass is 16.5. The number of nitrogens with zero attached hydrogens (tertiary/aromatic N) is 1. The van der Waals surface area contributed by atoms with E-state index in [1.807, 2.05) is 20.8 Å². The maximum Gasteiger partial charge on any atom is 0.338 e. The van der Waals surface area contributed by atoms with Crippen molar-refractivity contribution >= 4 is 23.5 Å². The Morgan fingerprint density at radius 2 is 1.71 bits per heavy atom. The van der Waals surface area contributed by atoms with E-state index in [-0.39, 0.29) is 30.3 Å². The summed E-state index contributed by atoms with van der Waals surface area (Å²) in [4.78, 5) is 37.0. The zero-order valence-electron chi connectivity index (χ0n) is 15.0. The molecule has 0 aliphatic carbocycles. The van der Waals surface area contributed by atoms with Crippen LogP contribution in [0.1, 0.15) is 51.4 Å². The fourth-order valence-corrected chi connectivity index (χ4v) is 2.15. The molecule has 0 fully saturated rings. The van der Waals surface area contributed by atoms with Crippen LogP contribution in [0.15, 0.2) is 24.3 Å². The molecule has 0 saturated heterocycles. The average molecular weight is 334 g/mol. The summed E-state index contributed by atoms with van der Waals surface area (Å²) in [7, 11) is 0. The minimum atomic E-state index is -0.400. The number of ether oxygens (including phenoxy) is 1. The molecule has 0 aliphatic heterocycles. The second-order valence-electron chi connectivity index (χ2n) is 6.49. The van der Waals surface area contributed by atoms with Crippen LogP contribution < -0.4 is 10.2 Å². The van der Waals surface area contributed by atoms with Crippen LogP contribution in [-0.2, 0) is 14.3 Å². The van der Waals surface area contributed by atoms with Crippen molar-refractivity contribution in [3.8, 4) is 0 Å². The lowest BCUT2D eigenvalue weighted by atomic mass is 10.1. The molecule has 0 saturated carbocycles. The Kier molecular flexibility index (Phi) is 6.95. The number of anilines is 1. The highest BCUT2D eigenvalue weighted by Crippen LogP contribution is 2.17. The Morgan fingerprint density at radius 1 is 1.12 bits per heavy atom. The molecular formula is C18H26N2O4. The van der Waals surface area contributed by atoms with Crippen molar-refractivity contribution in [3.05, 3.63) is 29.8 Å². The van der Waals surface area contributed by atoms with Crippen LogP contribution in [0, 0.1) is 0 Å². The normalized spacial score (nSPS) is 10.9. The molecule has 0 aromatic heterocycles. The number of benzene rings is 1. The Balaban J connectivity index is 2.77. The molecule has 0 heterocycles. The molecule has 0 spiro atoms. The van der Waals surface area contributed by atoms with Gasteiger partial charge in [-0.25, -0.2) is 4.79 Å². The first-order valence-corrected chi connectivity index (χ1v) is 8.00. The lowest BCUT2D eigenvalue weighted by Gasteiger charge is -2.24. The summed E-state index contributed by atoms with van der Waals surface area (Å²) in [5, 5.41) is 2.86. The Bertz CT molecular complexity index is 588. The van der Waals surface area contributed by atoms with Crippen molar-refractivity contribution < 1.29 is 19.1 Å². The summed E-state index contributed by atoms with van der Waals surface area (Å²) >= 11 is 0. The standard InChI is InChI=1S/C18H26N2O4/c1-6-24-17(23)14-7-9-15(10-8-14)20(13(2)21)12-11-16(22)19-18(3,4)5/h7-10H,6,11-12H2,1-5H3,(H,19,22). The van der Waals surface area contributed by atoms with Crippen molar-refractivity contribution in [1.29, 1.82) is 0 Å². The van der Waals surface area contributed by atoms with Gasteiger partial charge in [0.25, 0.3) is 0 Å². The largest absolute Gasteiger partial charge is 0.462 e. The van der Waals surface area contributed by atoms with Gasteiger partial charge in [0.1, 0.15) is 0 Å². The smallest absolute Gasteiger partial charge is 0.338 e. The number of esters is 1. The Hall–Kier alpha value is -2.37. The van der Waals surface area contributed by atoms with E-state index < -0.39 is 5.97 Å². The number of amides is 2. The predicted molar refractivity (Wildman–Crippen MR) is 92.9 cm³/mol. The fourth-order valence-electron chi connectivity index (χ4n) is 2.15. The first-order chi connectivity index (χ1) is 11.1. The van der Waals surface area contributed by atoms with Gasteiger partial charge in [-0.05, 0) is 52.0 Å². The maximum absolute atomic E-state index is 11.9. The third-order valence-electron chi connectivity index (χ3n) is 3.15. The highest BCUT2D eigenvalue weighted by molar-refractivity contribution is 5.94. The van der Waals surface area contributed by atoms with Crippen molar-refractivity contribution in [2.75, 3.05) is 18.1 Å². The molecule has 1 aromatic carbocycles. The molecule has 1 N–H and O–H groups in total. The molecule has 6 nitrogen and oxygen atoms in total. The quantitative estimate of drug-likeness (QED) is 0.811. The van der Waals surface area contributed by atoms with Crippen molar-refractivity contribution in [2.24, 2.45) is 0 Å². The number of rotatable bonds is 6. The van der Waals surface area contributed by atoms with E-state index in [1.54, 1.807) is 31.2 Å². The van der Waals surface area contributed by atoms with Crippen LogP contribution in [0.2, 0.25) is 0 Å². The average Bonchev–Trinajstić information content (AvgIpc) is 2.46. The molecular weight excluding hydrogens is 308 g/mol. The molecule has 1 rings (SSSR count). The van der Waals surface area contributed by atoms with Gasteiger partial charge in [0.05, 0.1) is 12.2 Å². The second-order valence-corrected chi connectivity index (χ2v) is 6.49. The first kappa shape index (κ1) is 19.7. The molecule has 132 valence electrons. The van der Waals surface area contributed by atoms with Gasteiger partial charge in [0.2, 0.25) is 11.8 Å². The van der Waals surface area contributed by atoms with E-state index in [4.69, 9.17) is 4.74 Å². The zero-order chi connectivity index (χ0) is 18.3. The molecule has 0 unspecified atom stereocenters. The topological polar surface area (TPSA) is 75.7 Å². The van der Waals surface area contributed by atoms with Gasteiger partial charge >= 0.3 is 5.97 Å². The van der Waals surface area contributed by atoms with E-state index in [9.17, 15) is 14.4 Å². The molecule has 24 heavy (non-hydrogen) atoms. The fraction of sp³-hybridized carbons (Fsp3) is 0.500. The third kappa shape index (κ3) is 6.40. The van der Waals surface area contributed by atoms with Crippen molar-refractivity contribution in [1.82, 2.24) is 5.32 Å². The van der Waals surface area contributed by atoms with Crippen molar-refractivity contribution in [3.63, 3.8) is 0 Å².